The Morgan fingerprint density at radius 1 is 1.50 bits per heavy atom. The van der Waals surface area contributed by atoms with Crippen molar-refractivity contribution in [2.24, 2.45) is 0 Å². The lowest BCUT2D eigenvalue weighted by atomic mass is 9.99. The molecule has 0 saturated carbocycles. The van der Waals surface area contributed by atoms with E-state index in [2.05, 4.69) is 5.32 Å². The minimum Gasteiger partial charge on any atom is -0.395 e. The highest BCUT2D eigenvalue weighted by molar-refractivity contribution is 4.81. The standard InChI is InChI=1S/C6H13NO3/c8-4-5-3-6(9,10)1-2-7-5/h5,7-10H,1-4H2/t5-/m1/s1. The molecule has 0 aromatic rings. The van der Waals surface area contributed by atoms with Crippen molar-refractivity contribution in [1.82, 2.24) is 5.32 Å². The van der Waals surface area contributed by atoms with Crippen molar-refractivity contribution in [3.8, 4) is 0 Å². The van der Waals surface area contributed by atoms with Gasteiger partial charge in [0.2, 0.25) is 0 Å². The van der Waals surface area contributed by atoms with Gasteiger partial charge < -0.3 is 20.6 Å². The fourth-order valence-electron chi connectivity index (χ4n) is 1.17. The molecule has 0 aromatic carbocycles. The second-order valence-electron chi connectivity index (χ2n) is 2.77. The van der Waals surface area contributed by atoms with Crippen LogP contribution in [-0.4, -0.2) is 40.3 Å². The summed E-state index contributed by atoms with van der Waals surface area (Å²) in [5.74, 6) is -1.57. The fraction of sp³-hybridized carbons (Fsp3) is 1.00. The van der Waals surface area contributed by atoms with E-state index in [0.717, 1.165) is 0 Å². The lowest BCUT2D eigenvalue weighted by Crippen LogP contribution is -2.49. The molecule has 0 amide bonds. The fourth-order valence-corrected chi connectivity index (χ4v) is 1.17. The Hall–Kier alpha value is -0.160. The normalized spacial score (nSPS) is 32.1. The van der Waals surface area contributed by atoms with Gasteiger partial charge in [-0.15, -0.1) is 0 Å². The van der Waals surface area contributed by atoms with Crippen molar-refractivity contribution in [2.75, 3.05) is 13.2 Å². The Kier molecular flexibility index (Phi) is 2.25. The molecule has 4 N–H and O–H groups in total. The van der Waals surface area contributed by atoms with E-state index < -0.39 is 5.79 Å². The van der Waals surface area contributed by atoms with Gasteiger partial charge in [-0.2, -0.15) is 0 Å². The Labute approximate surface area is 59.5 Å². The van der Waals surface area contributed by atoms with Gasteiger partial charge in [-0.05, 0) is 0 Å². The van der Waals surface area contributed by atoms with Crippen molar-refractivity contribution in [1.29, 1.82) is 0 Å². The molecule has 0 aromatic heterocycles. The van der Waals surface area contributed by atoms with E-state index in [1.165, 1.54) is 0 Å². The summed E-state index contributed by atoms with van der Waals surface area (Å²) in [7, 11) is 0. The minimum atomic E-state index is -1.57. The topological polar surface area (TPSA) is 72.7 Å². The quantitative estimate of drug-likeness (QED) is 0.337. The molecule has 1 aliphatic rings. The average molecular weight is 147 g/mol. The predicted molar refractivity (Wildman–Crippen MR) is 35.3 cm³/mol. The van der Waals surface area contributed by atoms with Crippen LogP contribution in [0.15, 0.2) is 0 Å². The van der Waals surface area contributed by atoms with Crippen molar-refractivity contribution in [3.63, 3.8) is 0 Å². The summed E-state index contributed by atoms with van der Waals surface area (Å²) in [6.07, 6.45) is 0.549. The van der Waals surface area contributed by atoms with Crippen molar-refractivity contribution >= 4 is 0 Å². The van der Waals surface area contributed by atoms with Crippen molar-refractivity contribution in [2.45, 2.75) is 24.7 Å². The van der Waals surface area contributed by atoms with Crippen LogP contribution in [0, 0.1) is 0 Å². The number of nitrogens with one attached hydrogen (secondary N) is 1. The highest BCUT2D eigenvalue weighted by Crippen LogP contribution is 2.17. The molecular formula is C6H13NO3. The van der Waals surface area contributed by atoms with E-state index in [-0.39, 0.29) is 19.1 Å². The van der Waals surface area contributed by atoms with Gasteiger partial charge in [0.25, 0.3) is 0 Å². The van der Waals surface area contributed by atoms with E-state index in [1.807, 2.05) is 0 Å². The molecule has 0 unspecified atom stereocenters. The van der Waals surface area contributed by atoms with Crippen LogP contribution < -0.4 is 5.32 Å². The second-order valence-corrected chi connectivity index (χ2v) is 2.77. The summed E-state index contributed by atoms with van der Waals surface area (Å²) in [6.45, 7) is 0.515. The molecule has 4 heteroatoms. The van der Waals surface area contributed by atoms with Gasteiger partial charge in [-0.1, -0.05) is 0 Å². The van der Waals surface area contributed by atoms with E-state index in [4.69, 9.17) is 15.3 Å². The van der Waals surface area contributed by atoms with Crippen LogP contribution in [0.4, 0.5) is 0 Å². The third kappa shape index (κ3) is 1.91. The zero-order valence-corrected chi connectivity index (χ0v) is 5.75. The molecule has 10 heavy (non-hydrogen) atoms. The highest BCUT2D eigenvalue weighted by atomic mass is 16.5. The van der Waals surface area contributed by atoms with E-state index in [9.17, 15) is 0 Å². The molecule has 0 aliphatic carbocycles. The third-order valence-corrected chi connectivity index (χ3v) is 1.75. The van der Waals surface area contributed by atoms with Gasteiger partial charge in [0.05, 0.1) is 6.61 Å². The lowest BCUT2D eigenvalue weighted by Gasteiger charge is -2.32. The average Bonchev–Trinajstić information content (AvgIpc) is 1.86. The van der Waals surface area contributed by atoms with Crippen LogP contribution >= 0.6 is 0 Å². The number of hydrogen-bond acceptors (Lipinski definition) is 4. The molecule has 1 rings (SSSR count). The summed E-state index contributed by atoms with van der Waals surface area (Å²) in [6, 6.07) is -0.163. The first-order valence-corrected chi connectivity index (χ1v) is 3.43. The summed E-state index contributed by atoms with van der Waals surface area (Å²) in [5.41, 5.74) is 0. The largest absolute Gasteiger partial charge is 0.395 e. The van der Waals surface area contributed by atoms with Gasteiger partial charge in [-0.25, -0.2) is 0 Å². The van der Waals surface area contributed by atoms with Crippen molar-refractivity contribution < 1.29 is 15.3 Å². The number of piperidine rings is 1. The first kappa shape index (κ1) is 7.94. The van der Waals surface area contributed by atoms with E-state index >= 15 is 0 Å². The number of rotatable bonds is 1. The maximum Gasteiger partial charge on any atom is 0.165 e. The SMILES string of the molecule is OC[C@H]1CC(O)(O)CCN1. The second kappa shape index (κ2) is 2.84. The monoisotopic (exact) mass is 147 g/mol. The molecule has 0 bridgehead atoms. The van der Waals surface area contributed by atoms with Crippen LogP contribution in [0.5, 0.6) is 0 Å². The van der Waals surface area contributed by atoms with E-state index in [1.54, 1.807) is 0 Å². The lowest BCUT2D eigenvalue weighted by molar-refractivity contribution is -0.185. The molecular weight excluding hydrogens is 134 g/mol. The van der Waals surface area contributed by atoms with Crippen LogP contribution in [0.25, 0.3) is 0 Å². The van der Waals surface area contributed by atoms with Crippen molar-refractivity contribution in [3.05, 3.63) is 0 Å². The van der Waals surface area contributed by atoms with Gasteiger partial charge in [0.1, 0.15) is 0 Å². The maximum absolute atomic E-state index is 9.08. The van der Waals surface area contributed by atoms with Gasteiger partial charge in [-0.3, -0.25) is 0 Å². The van der Waals surface area contributed by atoms with Gasteiger partial charge in [0, 0.05) is 25.4 Å². The Morgan fingerprint density at radius 3 is 2.60 bits per heavy atom. The third-order valence-electron chi connectivity index (χ3n) is 1.75. The molecule has 1 fully saturated rings. The highest BCUT2D eigenvalue weighted by Gasteiger charge is 2.30. The molecule has 60 valence electrons. The molecule has 1 heterocycles. The number of aliphatic hydroxyl groups excluding tert-OH is 1. The van der Waals surface area contributed by atoms with Gasteiger partial charge in [0.15, 0.2) is 5.79 Å². The van der Waals surface area contributed by atoms with Crippen LogP contribution in [0.2, 0.25) is 0 Å². The Balaban J connectivity index is 2.40. The Morgan fingerprint density at radius 2 is 2.20 bits per heavy atom. The zero-order chi connectivity index (χ0) is 7.61. The molecule has 1 saturated heterocycles. The molecule has 0 spiro atoms. The predicted octanol–water partition coefficient (Wildman–Crippen LogP) is -1.59. The van der Waals surface area contributed by atoms with Crippen LogP contribution in [-0.2, 0) is 0 Å². The first-order valence-electron chi connectivity index (χ1n) is 3.43. The zero-order valence-electron chi connectivity index (χ0n) is 5.75. The summed E-state index contributed by atoms with van der Waals surface area (Å²) >= 11 is 0. The number of aliphatic hydroxyl groups is 3. The van der Waals surface area contributed by atoms with E-state index in [0.29, 0.717) is 13.0 Å². The number of hydrogen-bond donors (Lipinski definition) is 4. The first-order chi connectivity index (χ1) is 4.64. The summed E-state index contributed by atoms with van der Waals surface area (Å²) < 4.78 is 0. The van der Waals surface area contributed by atoms with Crippen LogP contribution in [0.3, 0.4) is 0 Å². The smallest absolute Gasteiger partial charge is 0.165 e. The molecule has 1 atom stereocenters. The summed E-state index contributed by atoms with van der Waals surface area (Å²) in [4.78, 5) is 0. The summed E-state index contributed by atoms with van der Waals surface area (Å²) in [5, 5.41) is 29.8. The van der Waals surface area contributed by atoms with Crippen LogP contribution in [0.1, 0.15) is 12.8 Å². The minimum absolute atomic E-state index is 0.0388. The maximum atomic E-state index is 9.08. The van der Waals surface area contributed by atoms with Gasteiger partial charge >= 0.3 is 0 Å². The molecule has 4 nitrogen and oxygen atoms in total. The molecule has 1 aliphatic heterocycles. The molecule has 0 radical (unpaired) electrons. The Bertz CT molecular complexity index is 116.